The topological polar surface area (TPSA) is 231 Å². The van der Waals surface area contributed by atoms with Gasteiger partial charge in [-0.25, -0.2) is 9.13 Å². The normalized spacial score (nSPS) is 15.0. The van der Waals surface area contributed by atoms with Gasteiger partial charge in [0.25, 0.3) is 0 Å². The van der Waals surface area contributed by atoms with Crippen LogP contribution in [0.2, 0.25) is 0 Å². The minimum absolute atomic E-state index is 0.0878. The van der Waals surface area contributed by atoms with Crippen molar-refractivity contribution in [3.05, 3.63) is 122 Å². The van der Waals surface area contributed by atoms with E-state index in [0.717, 1.165) is 193 Å². The smallest absolute Gasteiger partial charge is 0.463 e. The molecule has 0 saturated carbocycles. The predicted molar refractivity (Wildman–Crippen MR) is 362 cm³/mol. The van der Waals surface area contributed by atoms with Gasteiger partial charge in [-0.3, -0.25) is 32.5 Å². The van der Waals surface area contributed by atoms with Gasteiger partial charge >= 0.3 is 33.6 Å². The van der Waals surface area contributed by atoms with Crippen LogP contribution in [0.15, 0.2) is 122 Å². The van der Waals surface area contributed by atoms with E-state index in [4.69, 9.17) is 32.3 Å². The summed E-state index contributed by atoms with van der Waals surface area (Å²) in [6.07, 6.45) is 72.4. The molecule has 0 rings (SSSR count). The summed E-state index contributed by atoms with van der Waals surface area (Å²) in [4.78, 5) is 58.4. The minimum atomic E-state index is -4.93. The monoisotopic (exact) mass is 1290 g/mol. The van der Waals surface area contributed by atoms with E-state index < -0.39 is 91.5 Å². The third-order valence-corrected chi connectivity index (χ3v) is 15.6. The van der Waals surface area contributed by atoms with Crippen molar-refractivity contribution < 1.29 is 75.8 Å². The van der Waals surface area contributed by atoms with E-state index >= 15 is 0 Å². The molecule has 0 fully saturated rings. The van der Waals surface area contributed by atoms with E-state index in [2.05, 4.69) is 142 Å². The Morgan fingerprint density at radius 1 is 0.315 bits per heavy atom. The molecule has 0 radical (unpaired) electrons. The van der Waals surface area contributed by atoms with Crippen LogP contribution in [0.4, 0.5) is 0 Å². The molecular weight excluding hydrogens is 1170 g/mol. The number of ether oxygens (including phenoxy) is 3. The van der Waals surface area contributed by atoms with Gasteiger partial charge in [0.2, 0.25) is 0 Å². The van der Waals surface area contributed by atoms with E-state index in [1.54, 1.807) is 0 Å². The lowest BCUT2D eigenvalue weighted by Gasteiger charge is -2.21. The van der Waals surface area contributed by atoms with Crippen molar-refractivity contribution in [3.63, 3.8) is 0 Å². The fraction of sp³-hybridized carbons (Fsp3) is 0.676. The first kappa shape index (κ1) is 85.0. The van der Waals surface area contributed by atoms with Crippen molar-refractivity contribution in [2.75, 3.05) is 39.6 Å². The molecular formula is C71H120O16P2. The van der Waals surface area contributed by atoms with E-state index in [1.807, 2.05) is 0 Å². The molecule has 0 spiro atoms. The number of aliphatic hydroxyl groups excluding tert-OH is 2. The van der Waals surface area contributed by atoms with Gasteiger partial charge in [0.1, 0.15) is 25.4 Å². The number of hydrogen-bond acceptors (Lipinski definition) is 14. The Morgan fingerprint density at radius 2 is 0.562 bits per heavy atom. The second kappa shape index (κ2) is 64.1. The Hall–Kier alpha value is -4.05. The summed E-state index contributed by atoms with van der Waals surface area (Å²) >= 11 is 0. The maximum absolute atomic E-state index is 12.9. The maximum Gasteiger partial charge on any atom is 0.472 e. The number of carbonyl (C=O) groups excluding carboxylic acids is 3. The Morgan fingerprint density at radius 3 is 0.888 bits per heavy atom. The van der Waals surface area contributed by atoms with Crippen molar-refractivity contribution >= 4 is 33.6 Å². The van der Waals surface area contributed by atoms with Gasteiger partial charge in [-0.2, -0.15) is 0 Å². The summed E-state index contributed by atoms with van der Waals surface area (Å²) < 4.78 is 60.9. The van der Waals surface area contributed by atoms with Gasteiger partial charge in [0, 0.05) is 19.3 Å². The summed E-state index contributed by atoms with van der Waals surface area (Å²) in [6.45, 7) is 2.29. The molecule has 0 bridgehead atoms. The number of carbonyl (C=O) groups is 3. The van der Waals surface area contributed by atoms with Crippen LogP contribution in [0.1, 0.15) is 252 Å². The minimum Gasteiger partial charge on any atom is -0.463 e. The van der Waals surface area contributed by atoms with Crippen LogP contribution in [0.3, 0.4) is 0 Å². The number of phosphoric acid groups is 2. The first-order chi connectivity index (χ1) is 43.2. The summed E-state index contributed by atoms with van der Waals surface area (Å²) in [5.74, 6) is -1.61. The van der Waals surface area contributed by atoms with Crippen molar-refractivity contribution in [2.45, 2.75) is 270 Å². The standard InChI is InChI=1S/C71H120O16P2/c1-4-7-10-13-16-19-22-25-28-31-32-35-37-39-42-45-48-51-54-57-69(74)81-60-66(72)61-83-88(77,78)84-62-67(73)63-85-89(79,80)86-65-68(87-71(76)59-56-53-50-47-44-41-38-34-30-27-24-21-18-15-12-9-6-3)64-82-70(75)58-55-52-49-46-43-40-36-33-29-26-23-20-17-14-11-8-5-2/h7-12,16-21,25-30,32,35,66-68,72-73H,4-6,13-15,22-24,31,33-34,36-65H2,1-3H3,(H,77,78)(H,79,80)/b10-7-,11-8-,12-9-,19-16-,20-17-,21-18-,28-25-,29-26-,30-27-,35-32-. The van der Waals surface area contributed by atoms with E-state index in [1.165, 1.54) is 0 Å². The van der Waals surface area contributed by atoms with Crippen LogP contribution in [0.5, 0.6) is 0 Å². The second-order valence-electron chi connectivity index (χ2n) is 22.2. The van der Waals surface area contributed by atoms with Crippen LogP contribution in [-0.2, 0) is 55.8 Å². The van der Waals surface area contributed by atoms with E-state index in [9.17, 15) is 43.5 Å². The molecule has 18 heteroatoms. The van der Waals surface area contributed by atoms with Crippen LogP contribution >= 0.6 is 15.6 Å². The first-order valence-electron chi connectivity index (χ1n) is 33.8. The molecule has 0 aliphatic rings. The number of allylic oxidation sites excluding steroid dienone is 20. The van der Waals surface area contributed by atoms with Crippen LogP contribution in [-0.4, -0.2) is 95.9 Å². The SMILES string of the molecule is CC/C=C\C/C=C\C/C=C\C/C=C\CCCCCCCCC(=O)OCC(O)COP(=O)(O)OCC(O)COP(=O)(O)OCC(COC(=O)CCCCCCCCC/C=C\C/C=C\C/C=C\CC)OC(=O)CCCCCCCCC/C=C\C/C=C\C/C=C\CC. The third-order valence-electron chi connectivity index (χ3n) is 13.7. The summed E-state index contributed by atoms with van der Waals surface area (Å²) in [5.41, 5.74) is 0. The number of rotatable bonds is 63. The molecule has 0 aromatic heterocycles. The van der Waals surface area contributed by atoms with Crippen molar-refractivity contribution in [2.24, 2.45) is 0 Å². The fourth-order valence-corrected chi connectivity index (χ4v) is 10.2. The average Bonchev–Trinajstić information content (AvgIpc) is 3.54. The van der Waals surface area contributed by atoms with E-state index in [0.29, 0.717) is 19.3 Å². The van der Waals surface area contributed by atoms with Crippen LogP contribution in [0, 0.1) is 0 Å². The molecule has 89 heavy (non-hydrogen) atoms. The highest BCUT2D eigenvalue weighted by Crippen LogP contribution is 2.45. The highest BCUT2D eigenvalue weighted by molar-refractivity contribution is 7.47. The number of aliphatic hydroxyl groups is 2. The highest BCUT2D eigenvalue weighted by Gasteiger charge is 2.29. The molecule has 0 aliphatic heterocycles. The fourth-order valence-electron chi connectivity index (χ4n) is 8.59. The quantitative estimate of drug-likeness (QED) is 0.0146. The molecule has 0 amide bonds. The zero-order valence-corrected chi connectivity index (χ0v) is 56.8. The zero-order chi connectivity index (χ0) is 65.3. The summed E-state index contributed by atoms with van der Waals surface area (Å²) in [5, 5.41) is 20.5. The Bertz CT molecular complexity index is 2110. The molecule has 5 atom stereocenters. The van der Waals surface area contributed by atoms with Crippen molar-refractivity contribution in [1.29, 1.82) is 0 Å². The maximum atomic E-state index is 12.9. The lowest BCUT2D eigenvalue weighted by molar-refractivity contribution is -0.161. The molecule has 0 heterocycles. The average molecular weight is 1290 g/mol. The van der Waals surface area contributed by atoms with Gasteiger partial charge in [-0.15, -0.1) is 0 Å². The molecule has 0 aromatic rings. The van der Waals surface area contributed by atoms with Crippen LogP contribution < -0.4 is 0 Å². The molecule has 4 N–H and O–H groups in total. The second-order valence-corrected chi connectivity index (χ2v) is 25.1. The Balaban J connectivity index is 4.72. The number of esters is 3. The summed E-state index contributed by atoms with van der Waals surface area (Å²) in [7, 11) is -9.79. The zero-order valence-electron chi connectivity index (χ0n) is 55.1. The Kier molecular flexibility index (Phi) is 61.2. The Labute approximate surface area is 538 Å². The highest BCUT2D eigenvalue weighted by atomic mass is 31.2. The van der Waals surface area contributed by atoms with Crippen LogP contribution in [0.25, 0.3) is 0 Å². The molecule has 0 aromatic carbocycles. The van der Waals surface area contributed by atoms with Gasteiger partial charge in [0.15, 0.2) is 6.10 Å². The van der Waals surface area contributed by atoms with Crippen molar-refractivity contribution in [3.8, 4) is 0 Å². The van der Waals surface area contributed by atoms with Gasteiger partial charge in [0.05, 0.1) is 26.4 Å². The van der Waals surface area contributed by atoms with Gasteiger partial charge < -0.3 is 34.2 Å². The summed E-state index contributed by atoms with van der Waals surface area (Å²) in [6, 6.07) is 0. The first-order valence-corrected chi connectivity index (χ1v) is 36.8. The van der Waals surface area contributed by atoms with Gasteiger partial charge in [-0.05, 0) is 122 Å². The molecule has 0 saturated heterocycles. The van der Waals surface area contributed by atoms with Crippen molar-refractivity contribution in [1.82, 2.24) is 0 Å². The number of hydrogen-bond donors (Lipinski definition) is 4. The lowest BCUT2D eigenvalue weighted by atomic mass is 10.1. The number of unbranched alkanes of at least 4 members (excludes halogenated alkanes) is 20. The molecule has 510 valence electrons. The molecule has 5 unspecified atom stereocenters. The molecule has 16 nitrogen and oxygen atoms in total. The third kappa shape index (κ3) is 65.3. The largest absolute Gasteiger partial charge is 0.472 e. The molecule has 0 aliphatic carbocycles. The van der Waals surface area contributed by atoms with Gasteiger partial charge in [-0.1, -0.05) is 232 Å². The lowest BCUT2D eigenvalue weighted by Crippen LogP contribution is -2.30. The van der Waals surface area contributed by atoms with E-state index in [-0.39, 0.29) is 19.3 Å². The number of phosphoric ester groups is 2. The predicted octanol–water partition coefficient (Wildman–Crippen LogP) is 18.6.